The summed E-state index contributed by atoms with van der Waals surface area (Å²) in [5, 5.41) is 11.1. The molecular weight excluding hydrogens is 346 g/mol. The van der Waals surface area contributed by atoms with E-state index in [0.29, 0.717) is 12.2 Å². The van der Waals surface area contributed by atoms with E-state index in [4.69, 9.17) is 9.84 Å². The van der Waals surface area contributed by atoms with Crippen LogP contribution in [0.5, 0.6) is 5.75 Å². The van der Waals surface area contributed by atoms with Crippen molar-refractivity contribution in [3.8, 4) is 5.75 Å². The van der Waals surface area contributed by atoms with Crippen LogP contribution in [0, 0.1) is 0 Å². The topological polar surface area (TPSA) is 49.8 Å². The highest BCUT2D eigenvalue weighted by Crippen LogP contribution is 2.29. The van der Waals surface area contributed by atoms with Crippen LogP contribution in [0.2, 0.25) is 0 Å². The third-order valence-electron chi connectivity index (χ3n) is 4.14. The van der Waals surface area contributed by atoms with Gasteiger partial charge in [-0.15, -0.1) is 11.3 Å². The predicted molar refractivity (Wildman–Crippen MR) is 105 cm³/mol. The van der Waals surface area contributed by atoms with Crippen molar-refractivity contribution >= 4 is 23.0 Å². The van der Waals surface area contributed by atoms with Crippen LogP contribution in [0.4, 0.5) is 5.69 Å². The highest BCUT2D eigenvalue weighted by molar-refractivity contribution is 7.10. The first-order valence-electron chi connectivity index (χ1n) is 8.48. The molecular formula is C21H21NO3S. The summed E-state index contributed by atoms with van der Waals surface area (Å²) in [6, 6.07) is 19.1. The van der Waals surface area contributed by atoms with Crippen molar-refractivity contribution < 1.29 is 14.6 Å². The summed E-state index contributed by atoms with van der Waals surface area (Å²) in [6.07, 6.45) is 0. The van der Waals surface area contributed by atoms with Gasteiger partial charge in [-0.2, -0.15) is 0 Å². The second-order valence-electron chi connectivity index (χ2n) is 5.85. The van der Waals surface area contributed by atoms with Crippen molar-refractivity contribution in [1.82, 2.24) is 0 Å². The van der Waals surface area contributed by atoms with Gasteiger partial charge in [-0.3, -0.25) is 0 Å². The van der Waals surface area contributed by atoms with E-state index in [0.717, 1.165) is 35.0 Å². The maximum absolute atomic E-state index is 11.0. The van der Waals surface area contributed by atoms with Gasteiger partial charge in [-0.05, 0) is 48.2 Å². The molecule has 26 heavy (non-hydrogen) atoms. The molecule has 3 aromatic rings. The zero-order chi connectivity index (χ0) is 18.4. The lowest BCUT2D eigenvalue weighted by Crippen LogP contribution is -2.21. The standard InChI is InChI=1S/C21H21NO3S/c1-2-22(18-10-8-17(9-11-18)21(23)24)14-20-19(12-13-26-20)25-15-16-6-4-3-5-7-16/h3-13H,2,14-15H2,1H3,(H,23,24). The first kappa shape index (κ1) is 18.0. The first-order valence-corrected chi connectivity index (χ1v) is 9.36. The van der Waals surface area contributed by atoms with E-state index in [-0.39, 0.29) is 0 Å². The molecule has 0 aliphatic carbocycles. The molecule has 1 heterocycles. The summed E-state index contributed by atoms with van der Waals surface area (Å²) in [6.45, 7) is 4.18. The van der Waals surface area contributed by atoms with Crippen LogP contribution in [0.25, 0.3) is 0 Å². The summed E-state index contributed by atoms with van der Waals surface area (Å²) >= 11 is 1.67. The molecule has 5 heteroatoms. The molecule has 1 N–H and O–H groups in total. The number of nitrogens with zero attached hydrogens (tertiary/aromatic N) is 1. The van der Waals surface area contributed by atoms with Gasteiger partial charge in [0.15, 0.2) is 0 Å². The number of anilines is 1. The fourth-order valence-electron chi connectivity index (χ4n) is 2.68. The van der Waals surface area contributed by atoms with Crippen molar-refractivity contribution in [1.29, 1.82) is 0 Å². The van der Waals surface area contributed by atoms with Gasteiger partial charge in [0, 0.05) is 12.2 Å². The molecule has 0 saturated heterocycles. The van der Waals surface area contributed by atoms with Gasteiger partial charge in [-0.25, -0.2) is 4.79 Å². The van der Waals surface area contributed by atoms with E-state index < -0.39 is 5.97 Å². The molecule has 0 unspecified atom stereocenters. The van der Waals surface area contributed by atoms with E-state index in [2.05, 4.69) is 11.8 Å². The van der Waals surface area contributed by atoms with Crippen LogP contribution in [-0.4, -0.2) is 17.6 Å². The Bertz CT molecular complexity index is 843. The second kappa shape index (κ2) is 8.54. The highest BCUT2D eigenvalue weighted by atomic mass is 32.1. The highest BCUT2D eigenvalue weighted by Gasteiger charge is 2.12. The maximum Gasteiger partial charge on any atom is 0.335 e. The van der Waals surface area contributed by atoms with Crippen molar-refractivity contribution in [3.63, 3.8) is 0 Å². The van der Waals surface area contributed by atoms with Crippen molar-refractivity contribution in [2.45, 2.75) is 20.1 Å². The molecule has 3 rings (SSSR count). The van der Waals surface area contributed by atoms with Gasteiger partial charge in [-0.1, -0.05) is 30.3 Å². The number of rotatable bonds is 8. The third-order valence-corrected chi connectivity index (χ3v) is 5.02. The van der Waals surface area contributed by atoms with Crippen LogP contribution in [0.3, 0.4) is 0 Å². The smallest absolute Gasteiger partial charge is 0.335 e. The lowest BCUT2D eigenvalue weighted by molar-refractivity contribution is 0.0697. The van der Waals surface area contributed by atoms with Gasteiger partial charge in [0.25, 0.3) is 0 Å². The van der Waals surface area contributed by atoms with Gasteiger partial charge in [0.05, 0.1) is 17.0 Å². The van der Waals surface area contributed by atoms with Crippen molar-refractivity contribution in [2.24, 2.45) is 0 Å². The number of thiophene rings is 1. The molecule has 0 bridgehead atoms. The Morgan fingerprint density at radius 3 is 2.46 bits per heavy atom. The molecule has 0 aliphatic heterocycles. The van der Waals surface area contributed by atoms with Gasteiger partial charge in [0.1, 0.15) is 12.4 Å². The quantitative estimate of drug-likeness (QED) is 0.605. The van der Waals surface area contributed by atoms with E-state index >= 15 is 0 Å². The van der Waals surface area contributed by atoms with Crippen LogP contribution in [-0.2, 0) is 13.2 Å². The SMILES string of the molecule is CCN(Cc1sccc1OCc1ccccc1)c1ccc(C(=O)O)cc1. The first-order chi connectivity index (χ1) is 12.7. The van der Waals surface area contributed by atoms with Crippen LogP contribution >= 0.6 is 11.3 Å². The average Bonchev–Trinajstić information content (AvgIpc) is 3.12. The number of benzene rings is 2. The molecule has 1 aromatic heterocycles. The molecule has 0 fully saturated rings. The summed E-state index contributed by atoms with van der Waals surface area (Å²) in [5.41, 5.74) is 2.44. The zero-order valence-electron chi connectivity index (χ0n) is 14.6. The lowest BCUT2D eigenvalue weighted by atomic mass is 10.2. The van der Waals surface area contributed by atoms with Gasteiger partial charge in [0.2, 0.25) is 0 Å². The minimum absolute atomic E-state index is 0.299. The predicted octanol–water partition coefficient (Wildman–Crippen LogP) is 5.05. The van der Waals surface area contributed by atoms with Crippen molar-refractivity contribution in [3.05, 3.63) is 82.0 Å². The number of carboxylic acid groups (broad SMARTS) is 1. The lowest BCUT2D eigenvalue weighted by Gasteiger charge is -2.23. The van der Waals surface area contributed by atoms with Crippen LogP contribution in [0.1, 0.15) is 27.7 Å². The summed E-state index contributed by atoms with van der Waals surface area (Å²) < 4.78 is 6.00. The Labute approximate surface area is 157 Å². The number of carboxylic acids is 1. The molecule has 0 amide bonds. The van der Waals surface area contributed by atoms with Crippen molar-refractivity contribution in [2.75, 3.05) is 11.4 Å². The second-order valence-corrected chi connectivity index (χ2v) is 6.85. The van der Waals surface area contributed by atoms with Crippen LogP contribution in [0.15, 0.2) is 66.0 Å². The maximum atomic E-state index is 11.0. The van der Waals surface area contributed by atoms with E-state index in [9.17, 15) is 4.79 Å². The Morgan fingerprint density at radius 1 is 1.08 bits per heavy atom. The Hall–Kier alpha value is -2.79. The molecule has 0 atom stereocenters. The Morgan fingerprint density at radius 2 is 1.81 bits per heavy atom. The van der Waals surface area contributed by atoms with E-state index in [1.54, 1.807) is 23.5 Å². The number of ether oxygens (including phenoxy) is 1. The summed E-state index contributed by atoms with van der Waals surface area (Å²) in [5.74, 6) is -0.00564. The number of carbonyl (C=O) groups is 1. The third kappa shape index (κ3) is 4.43. The van der Waals surface area contributed by atoms with Gasteiger partial charge >= 0.3 is 5.97 Å². The fraction of sp³-hybridized carbons (Fsp3) is 0.190. The molecule has 2 aromatic carbocycles. The number of hydrogen-bond donors (Lipinski definition) is 1. The number of hydrogen-bond acceptors (Lipinski definition) is 4. The monoisotopic (exact) mass is 367 g/mol. The summed E-state index contributed by atoms with van der Waals surface area (Å²) in [4.78, 5) is 14.4. The molecule has 134 valence electrons. The average molecular weight is 367 g/mol. The largest absolute Gasteiger partial charge is 0.488 e. The molecule has 0 radical (unpaired) electrons. The van der Waals surface area contributed by atoms with E-state index in [1.165, 1.54) is 0 Å². The zero-order valence-corrected chi connectivity index (χ0v) is 15.4. The molecule has 4 nitrogen and oxygen atoms in total. The normalized spacial score (nSPS) is 10.5. The molecule has 0 spiro atoms. The Kier molecular flexibility index (Phi) is 5.92. The number of aromatic carboxylic acids is 1. The summed E-state index contributed by atoms with van der Waals surface area (Å²) in [7, 11) is 0. The minimum atomic E-state index is -0.908. The Balaban J connectivity index is 1.69. The fourth-order valence-corrected chi connectivity index (χ4v) is 3.51. The van der Waals surface area contributed by atoms with Crippen LogP contribution < -0.4 is 9.64 Å². The van der Waals surface area contributed by atoms with E-state index in [1.807, 2.05) is 53.9 Å². The van der Waals surface area contributed by atoms with Gasteiger partial charge < -0.3 is 14.7 Å². The molecule has 0 saturated carbocycles. The molecule has 0 aliphatic rings. The minimum Gasteiger partial charge on any atom is -0.488 e.